The van der Waals surface area contributed by atoms with Gasteiger partial charge in [0, 0.05) is 0 Å². The molecule has 4 atom stereocenters. The van der Waals surface area contributed by atoms with Gasteiger partial charge < -0.3 is 20.3 Å². The van der Waals surface area contributed by atoms with Crippen molar-refractivity contribution in [3.63, 3.8) is 0 Å². The van der Waals surface area contributed by atoms with Crippen LogP contribution in [0.4, 0.5) is 13.2 Å². The second kappa shape index (κ2) is 20.1. The third-order valence-electron chi connectivity index (χ3n) is 8.16. The van der Waals surface area contributed by atoms with E-state index in [4.69, 9.17) is 4.74 Å². The molecular formula is C36H56F3NO4Si. The number of aliphatic hydroxyl groups excluding tert-OH is 2. The SMILES string of the molecule is CCCCCCCCCCCCCCC(O)C(O)C(NC(=O)C(F)(F)F)C(OC(C)(C)C)[SiH](c1ccccc1)c1ccccc1. The van der Waals surface area contributed by atoms with Gasteiger partial charge in [-0.2, -0.15) is 13.2 Å². The maximum atomic E-state index is 13.6. The summed E-state index contributed by atoms with van der Waals surface area (Å²) in [5, 5.41) is 26.4. The second-order valence-electron chi connectivity index (χ2n) is 13.2. The lowest BCUT2D eigenvalue weighted by Crippen LogP contribution is -2.67. The maximum absolute atomic E-state index is 13.6. The molecule has 0 aliphatic heterocycles. The molecule has 1 amide bonds. The number of nitrogens with one attached hydrogen (secondary N) is 1. The number of benzene rings is 2. The fraction of sp³-hybridized carbons (Fsp3) is 0.639. The summed E-state index contributed by atoms with van der Waals surface area (Å²) in [6.07, 6.45) is 5.73. The van der Waals surface area contributed by atoms with Crippen LogP contribution in [0.25, 0.3) is 0 Å². The summed E-state index contributed by atoms with van der Waals surface area (Å²) < 4.78 is 47.3. The second-order valence-corrected chi connectivity index (χ2v) is 16.2. The minimum absolute atomic E-state index is 0.210. The van der Waals surface area contributed by atoms with Gasteiger partial charge in [-0.25, -0.2) is 0 Å². The zero-order valence-corrected chi connectivity index (χ0v) is 28.9. The highest BCUT2D eigenvalue weighted by atomic mass is 28.3. The number of ether oxygens (including phenoxy) is 1. The molecule has 0 saturated carbocycles. The standard InChI is InChI=1S/C36H56F3NO4Si/c1-5-6-7-8-9-10-11-12-13-14-15-22-27-30(41)32(42)31(40-34(43)36(37,38)39)33(44-35(2,3)4)45(28-23-18-16-19-24-28)29-25-20-17-21-26-29/h16-21,23-26,30-33,41-42,45H,5-15,22,27H2,1-4H3,(H,40,43). The van der Waals surface area contributed by atoms with Gasteiger partial charge in [-0.1, -0.05) is 155 Å². The summed E-state index contributed by atoms with van der Waals surface area (Å²) in [5.41, 5.74) is -1.83. The van der Waals surface area contributed by atoms with Crippen molar-refractivity contribution < 1.29 is 32.9 Å². The molecule has 0 bridgehead atoms. The van der Waals surface area contributed by atoms with E-state index in [2.05, 4.69) is 12.2 Å². The average molecular weight is 652 g/mol. The van der Waals surface area contributed by atoms with Crippen LogP contribution in [0, 0.1) is 0 Å². The molecule has 254 valence electrons. The highest BCUT2D eigenvalue weighted by Gasteiger charge is 2.47. The van der Waals surface area contributed by atoms with Gasteiger partial charge in [-0.15, -0.1) is 0 Å². The molecule has 2 rings (SSSR count). The largest absolute Gasteiger partial charge is 0.471 e. The Morgan fingerprint density at radius 3 is 1.58 bits per heavy atom. The van der Waals surface area contributed by atoms with Gasteiger partial charge in [-0.3, -0.25) is 4.79 Å². The van der Waals surface area contributed by atoms with Crippen molar-refractivity contribution in [3.05, 3.63) is 60.7 Å². The molecule has 3 N–H and O–H groups in total. The van der Waals surface area contributed by atoms with Gasteiger partial charge in [0.1, 0.15) is 14.9 Å². The van der Waals surface area contributed by atoms with Gasteiger partial charge in [0.15, 0.2) is 0 Å². The minimum atomic E-state index is -5.17. The summed E-state index contributed by atoms with van der Waals surface area (Å²) in [7, 11) is -2.57. The zero-order valence-electron chi connectivity index (χ0n) is 27.7. The Labute approximate surface area is 270 Å². The quantitative estimate of drug-likeness (QED) is 0.105. The van der Waals surface area contributed by atoms with Crippen molar-refractivity contribution in [1.29, 1.82) is 0 Å². The molecule has 2 aromatic carbocycles. The van der Waals surface area contributed by atoms with Crippen molar-refractivity contribution >= 4 is 25.1 Å². The first-order valence-corrected chi connectivity index (χ1v) is 18.7. The first-order valence-electron chi connectivity index (χ1n) is 16.9. The summed E-state index contributed by atoms with van der Waals surface area (Å²) in [6.45, 7) is 7.59. The predicted molar refractivity (Wildman–Crippen MR) is 180 cm³/mol. The van der Waals surface area contributed by atoms with Gasteiger partial charge in [0.2, 0.25) is 0 Å². The molecule has 9 heteroatoms. The fourth-order valence-electron chi connectivity index (χ4n) is 5.85. The smallest absolute Gasteiger partial charge is 0.390 e. The lowest BCUT2D eigenvalue weighted by Gasteiger charge is -2.41. The average Bonchev–Trinajstić information content (AvgIpc) is 2.99. The van der Waals surface area contributed by atoms with E-state index < -0.39 is 50.5 Å². The van der Waals surface area contributed by atoms with Crippen molar-refractivity contribution in [1.82, 2.24) is 5.32 Å². The number of alkyl halides is 3. The number of rotatable bonds is 21. The molecule has 2 aromatic rings. The Kier molecular flexibility index (Phi) is 17.4. The normalized spacial score (nSPS) is 15.1. The summed E-state index contributed by atoms with van der Waals surface area (Å²) >= 11 is 0. The Hall–Kier alpha value is -2.20. The molecule has 0 aliphatic rings. The summed E-state index contributed by atoms with van der Waals surface area (Å²) in [4.78, 5) is 12.4. The van der Waals surface area contributed by atoms with Crippen molar-refractivity contribution in [2.24, 2.45) is 0 Å². The Balaban J connectivity index is 2.19. The van der Waals surface area contributed by atoms with Gasteiger partial charge in [0.05, 0.1) is 23.5 Å². The Morgan fingerprint density at radius 2 is 1.18 bits per heavy atom. The molecule has 0 radical (unpaired) electrons. The number of hydrogen-bond donors (Lipinski definition) is 3. The van der Waals surface area contributed by atoms with E-state index in [1.165, 1.54) is 51.4 Å². The van der Waals surface area contributed by atoms with Crippen LogP contribution in [0.5, 0.6) is 0 Å². The maximum Gasteiger partial charge on any atom is 0.471 e. The molecule has 45 heavy (non-hydrogen) atoms. The van der Waals surface area contributed by atoms with Crippen LogP contribution in [0.3, 0.4) is 0 Å². The number of aliphatic hydroxyl groups is 2. The molecule has 0 saturated heterocycles. The number of carbonyl (C=O) groups is 1. The van der Waals surface area contributed by atoms with E-state index in [0.29, 0.717) is 6.42 Å². The van der Waals surface area contributed by atoms with Crippen molar-refractivity contribution in [3.8, 4) is 0 Å². The third kappa shape index (κ3) is 14.8. The summed E-state index contributed by atoms with van der Waals surface area (Å²) in [5.74, 6) is -2.17. The predicted octanol–water partition coefficient (Wildman–Crippen LogP) is 6.61. The molecule has 0 spiro atoms. The first-order chi connectivity index (χ1) is 21.3. The van der Waals surface area contributed by atoms with Crippen LogP contribution >= 0.6 is 0 Å². The molecule has 0 heterocycles. The van der Waals surface area contributed by atoms with Crippen molar-refractivity contribution in [2.75, 3.05) is 0 Å². The first kappa shape index (κ1) is 39.0. The lowest BCUT2D eigenvalue weighted by atomic mass is 9.99. The molecule has 0 aliphatic carbocycles. The van der Waals surface area contributed by atoms with E-state index in [1.54, 1.807) is 20.8 Å². The highest BCUT2D eigenvalue weighted by Crippen LogP contribution is 2.24. The van der Waals surface area contributed by atoms with Crippen molar-refractivity contribution in [2.45, 2.75) is 147 Å². The lowest BCUT2D eigenvalue weighted by molar-refractivity contribution is -0.177. The number of unbranched alkanes of at least 4 members (excludes halogenated alkanes) is 11. The number of halogens is 3. The fourth-order valence-corrected chi connectivity index (χ4v) is 9.55. The monoisotopic (exact) mass is 651 g/mol. The van der Waals surface area contributed by atoms with E-state index in [-0.39, 0.29) is 6.42 Å². The van der Waals surface area contributed by atoms with E-state index in [1.807, 2.05) is 60.7 Å². The van der Waals surface area contributed by atoms with E-state index in [9.17, 15) is 28.2 Å². The molecule has 4 unspecified atom stereocenters. The minimum Gasteiger partial charge on any atom is -0.390 e. The number of amides is 1. The molecule has 5 nitrogen and oxygen atoms in total. The van der Waals surface area contributed by atoms with Crippen LogP contribution in [0.2, 0.25) is 0 Å². The van der Waals surface area contributed by atoms with E-state index in [0.717, 1.165) is 29.6 Å². The Morgan fingerprint density at radius 1 is 0.756 bits per heavy atom. The molecule has 0 fully saturated rings. The van der Waals surface area contributed by atoms with Crippen LogP contribution in [0.15, 0.2) is 60.7 Å². The number of carbonyl (C=O) groups excluding carboxylic acids is 1. The third-order valence-corrected chi connectivity index (χ3v) is 11.6. The van der Waals surface area contributed by atoms with Crippen LogP contribution in [-0.2, 0) is 9.53 Å². The topological polar surface area (TPSA) is 78.8 Å². The molecular weight excluding hydrogens is 595 g/mol. The number of hydrogen-bond acceptors (Lipinski definition) is 4. The highest BCUT2D eigenvalue weighted by molar-refractivity contribution is 6.86. The van der Waals surface area contributed by atoms with Gasteiger partial charge in [0.25, 0.3) is 0 Å². The zero-order chi connectivity index (χ0) is 33.3. The van der Waals surface area contributed by atoms with E-state index >= 15 is 0 Å². The summed E-state index contributed by atoms with van der Waals surface area (Å²) in [6, 6.07) is 17.3. The van der Waals surface area contributed by atoms with Crippen LogP contribution in [-0.4, -0.2) is 60.7 Å². The van der Waals surface area contributed by atoms with Crippen LogP contribution in [0.1, 0.15) is 111 Å². The van der Waals surface area contributed by atoms with Crippen LogP contribution < -0.4 is 15.7 Å². The molecule has 0 aromatic heterocycles. The van der Waals surface area contributed by atoms with Gasteiger partial charge >= 0.3 is 12.1 Å². The Bertz CT molecular complexity index is 1030. The van der Waals surface area contributed by atoms with Gasteiger partial charge in [-0.05, 0) is 27.2 Å².